The molecule has 10 nitrogen and oxygen atoms in total. The molecule has 1 N–H and O–H groups in total. The lowest BCUT2D eigenvalue weighted by Gasteiger charge is -2.10. The Kier molecular flexibility index (Phi) is 6.40. The van der Waals surface area contributed by atoms with Gasteiger partial charge in [-0.05, 0) is 49.2 Å². The standard InChI is InChI=1S/C27H22FN7O3/c28-20-4-1-2-6-22(20)35-24(18-11-14-29-15-12-18)23(32-34-35)26-31-25(33-38-26)19-9-7-17(8-10-19)16-37-27(36)21-5-3-13-30-21/h1-2,4,6-12,14-15,21,30H,3,5,13,16H2/t21-/m0/s1. The summed E-state index contributed by atoms with van der Waals surface area (Å²) in [6.07, 6.45) is 5.03. The zero-order valence-electron chi connectivity index (χ0n) is 20.1. The summed E-state index contributed by atoms with van der Waals surface area (Å²) >= 11 is 0. The summed E-state index contributed by atoms with van der Waals surface area (Å²) in [6.45, 7) is 1.02. The van der Waals surface area contributed by atoms with Crippen LogP contribution in [0.15, 0.2) is 77.6 Å². The third-order valence-corrected chi connectivity index (χ3v) is 6.27. The van der Waals surface area contributed by atoms with Crippen LogP contribution in [0.5, 0.6) is 0 Å². The molecule has 1 aliphatic heterocycles. The maximum Gasteiger partial charge on any atom is 0.323 e. The van der Waals surface area contributed by atoms with Crippen LogP contribution in [0.2, 0.25) is 0 Å². The van der Waals surface area contributed by atoms with Crippen molar-refractivity contribution in [2.24, 2.45) is 0 Å². The minimum absolute atomic E-state index is 0.136. The molecule has 0 spiro atoms. The van der Waals surface area contributed by atoms with Crippen LogP contribution in [0.3, 0.4) is 0 Å². The minimum Gasteiger partial charge on any atom is -0.460 e. The first kappa shape index (κ1) is 23.6. The maximum atomic E-state index is 14.6. The van der Waals surface area contributed by atoms with Crippen molar-refractivity contribution in [3.8, 4) is 39.9 Å². The third-order valence-electron chi connectivity index (χ3n) is 6.27. The summed E-state index contributed by atoms with van der Waals surface area (Å²) in [5.41, 5.74) is 3.28. The molecule has 2 aromatic carbocycles. The summed E-state index contributed by atoms with van der Waals surface area (Å²) in [7, 11) is 0. The summed E-state index contributed by atoms with van der Waals surface area (Å²) in [5.74, 6) is -0.199. The highest BCUT2D eigenvalue weighted by atomic mass is 19.1. The van der Waals surface area contributed by atoms with Gasteiger partial charge in [0.2, 0.25) is 5.82 Å². The van der Waals surface area contributed by atoms with Crippen LogP contribution in [-0.4, -0.2) is 48.7 Å². The molecular weight excluding hydrogens is 489 g/mol. The summed E-state index contributed by atoms with van der Waals surface area (Å²) in [5, 5.41) is 15.7. The quantitative estimate of drug-likeness (QED) is 0.323. The van der Waals surface area contributed by atoms with Gasteiger partial charge in [0.15, 0.2) is 5.69 Å². The molecule has 0 saturated carbocycles. The Morgan fingerprint density at radius 1 is 1.08 bits per heavy atom. The van der Waals surface area contributed by atoms with Crippen molar-refractivity contribution >= 4 is 5.97 Å². The maximum absolute atomic E-state index is 14.6. The summed E-state index contributed by atoms with van der Waals surface area (Å²) < 4.78 is 27.0. The Hall–Kier alpha value is -4.77. The summed E-state index contributed by atoms with van der Waals surface area (Å²) in [6, 6.07) is 16.9. The Labute approximate surface area is 216 Å². The first-order chi connectivity index (χ1) is 18.7. The van der Waals surface area contributed by atoms with Gasteiger partial charge in [-0.1, -0.05) is 46.8 Å². The zero-order valence-corrected chi connectivity index (χ0v) is 20.1. The Bertz CT molecular complexity index is 1560. The number of nitrogens with one attached hydrogen (secondary N) is 1. The minimum atomic E-state index is -0.448. The molecule has 1 saturated heterocycles. The largest absolute Gasteiger partial charge is 0.460 e. The highest BCUT2D eigenvalue weighted by Gasteiger charge is 2.25. The van der Waals surface area contributed by atoms with E-state index in [2.05, 4.69) is 30.8 Å². The molecule has 0 aliphatic carbocycles. The number of halogens is 1. The van der Waals surface area contributed by atoms with Gasteiger partial charge in [0.25, 0.3) is 5.89 Å². The normalized spacial score (nSPS) is 15.0. The number of rotatable bonds is 7. The van der Waals surface area contributed by atoms with E-state index in [9.17, 15) is 9.18 Å². The summed E-state index contributed by atoms with van der Waals surface area (Å²) in [4.78, 5) is 20.7. The van der Waals surface area contributed by atoms with E-state index in [-0.39, 0.29) is 30.2 Å². The van der Waals surface area contributed by atoms with Gasteiger partial charge in [0.1, 0.15) is 29.8 Å². The van der Waals surface area contributed by atoms with Crippen molar-refractivity contribution in [3.05, 3.63) is 84.4 Å². The lowest BCUT2D eigenvalue weighted by atomic mass is 10.1. The third kappa shape index (κ3) is 4.66. The van der Waals surface area contributed by atoms with E-state index in [0.717, 1.165) is 24.9 Å². The predicted octanol–water partition coefficient (Wildman–Crippen LogP) is 3.98. The Morgan fingerprint density at radius 3 is 2.66 bits per heavy atom. The van der Waals surface area contributed by atoms with E-state index < -0.39 is 5.82 Å². The number of hydrogen-bond donors (Lipinski definition) is 1. The Balaban J connectivity index is 1.26. The van der Waals surface area contributed by atoms with Crippen molar-refractivity contribution in [1.82, 2.24) is 35.4 Å². The molecule has 11 heteroatoms. The first-order valence-corrected chi connectivity index (χ1v) is 12.1. The van der Waals surface area contributed by atoms with E-state index >= 15 is 0 Å². The fourth-order valence-corrected chi connectivity index (χ4v) is 4.31. The monoisotopic (exact) mass is 511 g/mol. The van der Waals surface area contributed by atoms with Crippen molar-refractivity contribution in [2.45, 2.75) is 25.5 Å². The number of carbonyl (C=O) groups excluding carboxylic acids is 1. The number of ether oxygens (including phenoxy) is 1. The SMILES string of the molecule is O=C(OCc1ccc(-c2noc(-c3nnn(-c4ccccc4F)c3-c3ccncc3)n2)cc1)[C@@H]1CCCN1. The van der Waals surface area contributed by atoms with E-state index in [0.29, 0.717) is 28.3 Å². The molecule has 0 bridgehead atoms. The number of hydrogen-bond acceptors (Lipinski definition) is 9. The second-order valence-corrected chi connectivity index (χ2v) is 8.76. The van der Waals surface area contributed by atoms with Crippen LogP contribution < -0.4 is 5.32 Å². The molecule has 0 amide bonds. The van der Waals surface area contributed by atoms with E-state index in [1.165, 1.54) is 10.7 Å². The fourth-order valence-electron chi connectivity index (χ4n) is 4.31. The molecular formula is C27H22FN7O3. The molecule has 1 aliphatic rings. The number of para-hydroxylation sites is 1. The van der Waals surface area contributed by atoms with Gasteiger partial charge in [-0.2, -0.15) is 4.98 Å². The average molecular weight is 512 g/mol. The Morgan fingerprint density at radius 2 is 1.89 bits per heavy atom. The van der Waals surface area contributed by atoms with E-state index in [1.807, 2.05) is 24.3 Å². The van der Waals surface area contributed by atoms with Gasteiger partial charge in [-0.3, -0.25) is 9.78 Å². The van der Waals surface area contributed by atoms with Gasteiger partial charge >= 0.3 is 5.97 Å². The second-order valence-electron chi connectivity index (χ2n) is 8.76. The zero-order chi connectivity index (χ0) is 25.9. The van der Waals surface area contributed by atoms with Crippen LogP contribution in [-0.2, 0) is 16.1 Å². The molecule has 4 heterocycles. The smallest absolute Gasteiger partial charge is 0.323 e. The predicted molar refractivity (Wildman–Crippen MR) is 134 cm³/mol. The van der Waals surface area contributed by atoms with Crippen molar-refractivity contribution in [3.63, 3.8) is 0 Å². The van der Waals surface area contributed by atoms with Crippen LogP contribution >= 0.6 is 0 Å². The van der Waals surface area contributed by atoms with Gasteiger partial charge < -0.3 is 14.6 Å². The molecule has 190 valence electrons. The van der Waals surface area contributed by atoms with Crippen LogP contribution in [0.25, 0.3) is 39.9 Å². The van der Waals surface area contributed by atoms with Crippen LogP contribution in [0.4, 0.5) is 4.39 Å². The van der Waals surface area contributed by atoms with Crippen molar-refractivity contribution in [2.75, 3.05) is 6.54 Å². The number of carbonyl (C=O) groups is 1. The highest BCUT2D eigenvalue weighted by Crippen LogP contribution is 2.32. The van der Waals surface area contributed by atoms with Gasteiger partial charge in [-0.25, -0.2) is 9.07 Å². The molecule has 1 atom stereocenters. The molecule has 5 aromatic rings. The first-order valence-electron chi connectivity index (χ1n) is 12.1. The lowest BCUT2D eigenvalue weighted by Crippen LogP contribution is -2.32. The van der Waals surface area contributed by atoms with Crippen LogP contribution in [0, 0.1) is 5.82 Å². The number of esters is 1. The number of benzene rings is 2. The fraction of sp³-hybridized carbons (Fsp3) is 0.185. The average Bonchev–Trinajstić information content (AvgIpc) is 3.74. The molecule has 6 rings (SSSR count). The molecule has 38 heavy (non-hydrogen) atoms. The lowest BCUT2D eigenvalue weighted by molar-refractivity contribution is -0.147. The number of aromatic nitrogens is 6. The molecule has 0 radical (unpaired) electrons. The van der Waals surface area contributed by atoms with Crippen LogP contribution in [0.1, 0.15) is 18.4 Å². The van der Waals surface area contributed by atoms with Crippen molar-refractivity contribution < 1.29 is 18.4 Å². The number of nitrogens with zero attached hydrogens (tertiary/aromatic N) is 6. The number of pyridine rings is 1. The molecule has 1 fully saturated rings. The highest BCUT2D eigenvalue weighted by molar-refractivity contribution is 5.76. The second kappa shape index (κ2) is 10.3. The van der Waals surface area contributed by atoms with Gasteiger partial charge in [-0.15, -0.1) is 5.10 Å². The van der Waals surface area contributed by atoms with Gasteiger partial charge in [0, 0.05) is 23.5 Å². The van der Waals surface area contributed by atoms with Crippen molar-refractivity contribution in [1.29, 1.82) is 0 Å². The topological polar surface area (TPSA) is 121 Å². The van der Waals surface area contributed by atoms with Gasteiger partial charge in [0.05, 0.1) is 0 Å². The molecule has 3 aromatic heterocycles. The van der Waals surface area contributed by atoms with E-state index in [1.54, 1.807) is 42.7 Å². The molecule has 0 unspecified atom stereocenters. The van der Waals surface area contributed by atoms with E-state index in [4.69, 9.17) is 9.26 Å².